The average Bonchev–Trinajstić information content (AvgIpc) is 2.55. The van der Waals surface area contributed by atoms with Crippen LogP contribution < -0.4 is 5.73 Å². The van der Waals surface area contributed by atoms with E-state index in [0.29, 0.717) is 4.75 Å². The Balaban J connectivity index is 2.12. The molecule has 2 heteroatoms. The summed E-state index contributed by atoms with van der Waals surface area (Å²) in [5, 5.41) is 0. The van der Waals surface area contributed by atoms with Gasteiger partial charge in [-0.15, -0.1) is 11.8 Å². The van der Waals surface area contributed by atoms with E-state index < -0.39 is 0 Å². The van der Waals surface area contributed by atoms with Gasteiger partial charge in [0.25, 0.3) is 0 Å². The van der Waals surface area contributed by atoms with E-state index >= 15 is 0 Å². The molecule has 0 bridgehead atoms. The first kappa shape index (κ1) is 13.0. The van der Waals surface area contributed by atoms with Crippen LogP contribution in [0.4, 0.5) is 0 Å². The van der Waals surface area contributed by atoms with E-state index in [1.165, 1.54) is 49.0 Å². The van der Waals surface area contributed by atoms with E-state index in [1.54, 1.807) is 0 Å². The molecule has 1 aliphatic rings. The Morgan fingerprint density at radius 2 is 1.88 bits per heavy atom. The third-order valence-electron chi connectivity index (χ3n) is 3.71. The number of benzene rings is 1. The summed E-state index contributed by atoms with van der Waals surface area (Å²) in [6.07, 6.45) is 8.02. The van der Waals surface area contributed by atoms with Crippen molar-refractivity contribution in [3.05, 3.63) is 29.8 Å². The van der Waals surface area contributed by atoms with E-state index in [2.05, 4.69) is 31.2 Å². The van der Waals surface area contributed by atoms with Gasteiger partial charge in [0.05, 0.1) is 0 Å². The van der Waals surface area contributed by atoms with Gasteiger partial charge >= 0.3 is 0 Å². The summed E-state index contributed by atoms with van der Waals surface area (Å²) in [7, 11) is 0. The van der Waals surface area contributed by atoms with E-state index in [9.17, 15) is 0 Å². The average molecular weight is 249 g/mol. The topological polar surface area (TPSA) is 26.0 Å². The maximum atomic E-state index is 6.07. The summed E-state index contributed by atoms with van der Waals surface area (Å²) >= 11 is 2.01. The van der Waals surface area contributed by atoms with Crippen molar-refractivity contribution in [2.45, 2.75) is 55.1 Å². The van der Waals surface area contributed by atoms with Crippen molar-refractivity contribution in [3.8, 4) is 0 Å². The third-order valence-corrected chi connectivity index (χ3v) is 5.21. The van der Waals surface area contributed by atoms with E-state index in [1.807, 2.05) is 11.8 Å². The molecule has 1 nitrogen and oxygen atoms in total. The van der Waals surface area contributed by atoms with Crippen LogP contribution in [0, 0.1) is 6.92 Å². The zero-order chi connectivity index (χ0) is 12.1. The summed E-state index contributed by atoms with van der Waals surface area (Å²) in [6, 6.07) is 8.82. The van der Waals surface area contributed by atoms with Gasteiger partial charge in [-0.05, 0) is 31.9 Å². The first-order chi connectivity index (χ1) is 8.24. The molecule has 2 N–H and O–H groups in total. The molecule has 0 aliphatic heterocycles. The van der Waals surface area contributed by atoms with E-state index in [4.69, 9.17) is 5.73 Å². The van der Waals surface area contributed by atoms with Crippen LogP contribution >= 0.6 is 11.8 Å². The second kappa shape index (κ2) is 5.92. The van der Waals surface area contributed by atoms with Crippen molar-refractivity contribution < 1.29 is 0 Å². The fourth-order valence-corrected chi connectivity index (χ4v) is 4.12. The molecule has 0 spiro atoms. The number of thioether (sulfide) groups is 1. The van der Waals surface area contributed by atoms with E-state index in [0.717, 1.165) is 6.54 Å². The second-order valence-corrected chi connectivity index (χ2v) is 6.76. The Hall–Kier alpha value is -0.470. The molecule has 0 radical (unpaired) electrons. The summed E-state index contributed by atoms with van der Waals surface area (Å²) < 4.78 is 0.296. The maximum absolute atomic E-state index is 6.07. The third kappa shape index (κ3) is 3.49. The Morgan fingerprint density at radius 1 is 1.18 bits per heavy atom. The molecule has 0 atom stereocenters. The molecule has 1 aromatic carbocycles. The highest BCUT2D eigenvalue weighted by molar-refractivity contribution is 8.00. The SMILES string of the molecule is Cc1cccc(SC2(CN)CCCCCC2)c1. The van der Waals surface area contributed by atoms with Gasteiger partial charge in [-0.3, -0.25) is 0 Å². The fourth-order valence-electron chi connectivity index (χ4n) is 2.65. The molecule has 1 saturated carbocycles. The Morgan fingerprint density at radius 3 is 2.47 bits per heavy atom. The zero-order valence-corrected chi connectivity index (χ0v) is 11.6. The van der Waals surface area contributed by atoms with Crippen molar-refractivity contribution >= 4 is 11.8 Å². The van der Waals surface area contributed by atoms with Gasteiger partial charge in [0.2, 0.25) is 0 Å². The van der Waals surface area contributed by atoms with E-state index in [-0.39, 0.29) is 0 Å². The van der Waals surface area contributed by atoms with Gasteiger partial charge in [0, 0.05) is 16.2 Å². The number of aryl methyl sites for hydroxylation is 1. The van der Waals surface area contributed by atoms with Crippen LogP contribution in [-0.2, 0) is 0 Å². The lowest BCUT2D eigenvalue weighted by molar-refractivity contribution is 0.521. The van der Waals surface area contributed by atoms with Crippen molar-refractivity contribution in [1.82, 2.24) is 0 Å². The largest absolute Gasteiger partial charge is 0.329 e. The Kier molecular flexibility index (Phi) is 4.52. The van der Waals surface area contributed by atoms with Crippen LogP contribution in [0.1, 0.15) is 44.1 Å². The lowest BCUT2D eigenvalue weighted by atomic mass is 9.99. The molecule has 2 rings (SSSR count). The molecule has 94 valence electrons. The van der Waals surface area contributed by atoms with Gasteiger partial charge in [-0.2, -0.15) is 0 Å². The van der Waals surface area contributed by atoms with Gasteiger partial charge in [0.1, 0.15) is 0 Å². The minimum Gasteiger partial charge on any atom is -0.329 e. The predicted molar refractivity (Wildman–Crippen MR) is 76.5 cm³/mol. The van der Waals surface area contributed by atoms with Crippen molar-refractivity contribution in [2.24, 2.45) is 5.73 Å². The van der Waals surface area contributed by atoms with Gasteiger partial charge in [0.15, 0.2) is 0 Å². The van der Waals surface area contributed by atoms with Crippen LogP contribution in [0.5, 0.6) is 0 Å². The van der Waals surface area contributed by atoms with Gasteiger partial charge < -0.3 is 5.73 Å². The standard InChI is InChI=1S/C15H23NS/c1-13-7-6-8-14(11-13)17-15(12-16)9-4-2-3-5-10-15/h6-8,11H,2-5,9-10,12,16H2,1H3. The second-order valence-electron chi connectivity index (χ2n) is 5.22. The van der Waals surface area contributed by atoms with Gasteiger partial charge in [-0.25, -0.2) is 0 Å². The highest BCUT2D eigenvalue weighted by Crippen LogP contribution is 2.42. The molecule has 1 aromatic rings. The van der Waals surface area contributed by atoms with Crippen molar-refractivity contribution in [2.75, 3.05) is 6.54 Å². The van der Waals surface area contributed by atoms with Crippen molar-refractivity contribution in [3.63, 3.8) is 0 Å². The minimum atomic E-state index is 0.296. The number of nitrogens with two attached hydrogens (primary N) is 1. The number of rotatable bonds is 3. The summed E-state index contributed by atoms with van der Waals surface area (Å²) in [5.74, 6) is 0. The smallest absolute Gasteiger partial charge is 0.0329 e. The molecular weight excluding hydrogens is 226 g/mol. The molecule has 0 amide bonds. The van der Waals surface area contributed by atoms with Crippen LogP contribution in [0.15, 0.2) is 29.2 Å². The zero-order valence-electron chi connectivity index (χ0n) is 10.7. The molecule has 0 aromatic heterocycles. The maximum Gasteiger partial charge on any atom is 0.0329 e. The van der Waals surface area contributed by atoms with Crippen LogP contribution in [0.2, 0.25) is 0 Å². The monoisotopic (exact) mass is 249 g/mol. The molecular formula is C15H23NS. The van der Waals surface area contributed by atoms with Gasteiger partial charge in [-0.1, -0.05) is 43.4 Å². The summed E-state index contributed by atoms with van der Waals surface area (Å²) in [4.78, 5) is 1.39. The van der Waals surface area contributed by atoms with Crippen molar-refractivity contribution in [1.29, 1.82) is 0 Å². The highest BCUT2D eigenvalue weighted by atomic mass is 32.2. The lowest BCUT2D eigenvalue weighted by Crippen LogP contribution is -2.33. The summed E-state index contributed by atoms with van der Waals surface area (Å²) in [5.41, 5.74) is 7.42. The molecule has 0 saturated heterocycles. The first-order valence-corrected chi connectivity index (χ1v) is 7.52. The van der Waals surface area contributed by atoms with Crippen LogP contribution in [0.3, 0.4) is 0 Å². The molecule has 0 unspecified atom stereocenters. The summed E-state index contributed by atoms with van der Waals surface area (Å²) in [6.45, 7) is 2.97. The normalized spacial score (nSPS) is 19.9. The Bertz CT molecular complexity index is 354. The first-order valence-electron chi connectivity index (χ1n) is 6.70. The lowest BCUT2D eigenvalue weighted by Gasteiger charge is -2.30. The fraction of sp³-hybridized carbons (Fsp3) is 0.600. The minimum absolute atomic E-state index is 0.296. The quantitative estimate of drug-likeness (QED) is 0.815. The molecule has 1 fully saturated rings. The van der Waals surface area contributed by atoms with Crippen LogP contribution in [0.25, 0.3) is 0 Å². The number of hydrogen-bond acceptors (Lipinski definition) is 2. The molecule has 0 heterocycles. The van der Waals surface area contributed by atoms with Crippen LogP contribution in [-0.4, -0.2) is 11.3 Å². The molecule has 1 aliphatic carbocycles. The molecule has 17 heavy (non-hydrogen) atoms. The highest BCUT2D eigenvalue weighted by Gasteiger charge is 2.30. The number of hydrogen-bond donors (Lipinski definition) is 1. The predicted octanol–water partition coefficient (Wildman–Crippen LogP) is 4.14. The Labute approximate surface area is 109 Å².